The van der Waals surface area contributed by atoms with E-state index in [2.05, 4.69) is 0 Å². The molecule has 0 atom stereocenters. The van der Waals surface area contributed by atoms with Crippen LogP contribution in [0, 0.1) is 12.7 Å². The van der Waals surface area contributed by atoms with E-state index in [1.54, 1.807) is 11.0 Å². The van der Waals surface area contributed by atoms with Crippen molar-refractivity contribution >= 4 is 27.3 Å². The zero-order valence-electron chi connectivity index (χ0n) is 13.1. The third-order valence-corrected chi connectivity index (χ3v) is 6.83. The molecule has 1 saturated heterocycles. The number of benzene rings is 1. The highest BCUT2D eigenvalue weighted by Crippen LogP contribution is 2.21. The third kappa shape index (κ3) is 3.35. The van der Waals surface area contributed by atoms with Crippen LogP contribution in [0.25, 0.3) is 0 Å². The highest BCUT2D eigenvalue weighted by molar-refractivity contribution is 7.89. The summed E-state index contributed by atoms with van der Waals surface area (Å²) in [6.07, 6.45) is 0. The molecule has 0 unspecified atom stereocenters. The summed E-state index contributed by atoms with van der Waals surface area (Å²) >= 11 is 1.44. The average molecular weight is 368 g/mol. The van der Waals surface area contributed by atoms with Crippen LogP contribution in [-0.4, -0.2) is 49.7 Å². The smallest absolute Gasteiger partial charge is 0.264 e. The summed E-state index contributed by atoms with van der Waals surface area (Å²) in [5.41, 5.74) is 0. The molecule has 1 aromatic heterocycles. The van der Waals surface area contributed by atoms with Gasteiger partial charge in [-0.15, -0.1) is 11.3 Å². The van der Waals surface area contributed by atoms with E-state index in [1.165, 1.54) is 27.8 Å². The number of carbonyl (C=O) groups excluding carboxylic acids is 1. The zero-order chi connectivity index (χ0) is 17.3. The van der Waals surface area contributed by atoms with Gasteiger partial charge in [0.2, 0.25) is 10.0 Å². The summed E-state index contributed by atoms with van der Waals surface area (Å²) in [5.74, 6) is -0.539. The molecule has 1 aromatic carbocycles. The van der Waals surface area contributed by atoms with Crippen LogP contribution >= 0.6 is 11.3 Å². The SMILES string of the molecule is Cc1ccc(C(=O)N2CCN(S(=O)(=O)c3ccc(F)cc3)CC2)s1. The normalized spacial score (nSPS) is 16.3. The van der Waals surface area contributed by atoms with Crippen molar-refractivity contribution in [3.8, 4) is 0 Å². The van der Waals surface area contributed by atoms with E-state index in [-0.39, 0.29) is 23.9 Å². The number of piperazine rings is 1. The van der Waals surface area contributed by atoms with Gasteiger partial charge in [0.1, 0.15) is 5.82 Å². The molecule has 2 heterocycles. The number of sulfonamides is 1. The van der Waals surface area contributed by atoms with Gasteiger partial charge in [0, 0.05) is 31.1 Å². The Morgan fingerprint density at radius 2 is 1.67 bits per heavy atom. The fraction of sp³-hybridized carbons (Fsp3) is 0.312. The first-order valence-corrected chi connectivity index (χ1v) is 9.75. The highest BCUT2D eigenvalue weighted by Gasteiger charge is 2.30. The van der Waals surface area contributed by atoms with Crippen molar-refractivity contribution in [2.45, 2.75) is 11.8 Å². The first-order valence-electron chi connectivity index (χ1n) is 7.49. The lowest BCUT2D eigenvalue weighted by atomic mass is 10.3. The lowest BCUT2D eigenvalue weighted by molar-refractivity contribution is 0.0703. The quantitative estimate of drug-likeness (QED) is 0.836. The Kier molecular flexibility index (Phi) is 4.71. The van der Waals surface area contributed by atoms with Crippen molar-refractivity contribution in [1.29, 1.82) is 0 Å². The molecule has 1 amide bonds. The Morgan fingerprint density at radius 1 is 1.04 bits per heavy atom. The van der Waals surface area contributed by atoms with E-state index in [9.17, 15) is 17.6 Å². The molecular weight excluding hydrogens is 351 g/mol. The van der Waals surface area contributed by atoms with Gasteiger partial charge in [-0.2, -0.15) is 4.31 Å². The molecule has 1 fully saturated rings. The van der Waals surface area contributed by atoms with Crippen molar-refractivity contribution in [3.63, 3.8) is 0 Å². The number of nitrogens with zero attached hydrogens (tertiary/aromatic N) is 2. The van der Waals surface area contributed by atoms with E-state index in [0.717, 1.165) is 17.0 Å². The number of hydrogen-bond donors (Lipinski definition) is 0. The largest absolute Gasteiger partial charge is 0.335 e. The van der Waals surface area contributed by atoms with Gasteiger partial charge in [-0.25, -0.2) is 12.8 Å². The van der Waals surface area contributed by atoms with Crippen molar-refractivity contribution in [1.82, 2.24) is 9.21 Å². The maximum atomic E-state index is 13.0. The molecule has 0 aliphatic carbocycles. The third-order valence-electron chi connectivity index (χ3n) is 3.93. The highest BCUT2D eigenvalue weighted by atomic mass is 32.2. The number of rotatable bonds is 3. The van der Waals surface area contributed by atoms with Crippen LogP contribution in [-0.2, 0) is 10.0 Å². The Bertz CT molecular complexity index is 838. The number of amides is 1. The summed E-state index contributed by atoms with van der Waals surface area (Å²) in [7, 11) is -3.66. The van der Waals surface area contributed by atoms with E-state index in [1.807, 2.05) is 13.0 Å². The van der Waals surface area contributed by atoms with Gasteiger partial charge in [-0.3, -0.25) is 4.79 Å². The number of hydrogen-bond acceptors (Lipinski definition) is 4. The summed E-state index contributed by atoms with van der Waals surface area (Å²) in [6.45, 7) is 3.09. The number of aryl methyl sites for hydroxylation is 1. The Balaban J connectivity index is 1.68. The molecule has 2 aromatic rings. The molecular formula is C16H17FN2O3S2. The number of halogens is 1. The Morgan fingerprint density at radius 3 is 2.21 bits per heavy atom. The van der Waals surface area contributed by atoms with E-state index >= 15 is 0 Å². The van der Waals surface area contributed by atoms with Crippen LogP contribution in [0.5, 0.6) is 0 Å². The average Bonchev–Trinajstić information content (AvgIpc) is 3.01. The van der Waals surface area contributed by atoms with Gasteiger partial charge in [-0.05, 0) is 43.3 Å². The lowest BCUT2D eigenvalue weighted by Crippen LogP contribution is -2.50. The molecule has 1 aliphatic rings. The number of carbonyl (C=O) groups is 1. The molecule has 0 saturated carbocycles. The first kappa shape index (κ1) is 17.1. The molecule has 1 aliphatic heterocycles. The first-order chi connectivity index (χ1) is 11.4. The predicted molar refractivity (Wildman–Crippen MR) is 90.1 cm³/mol. The minimum Gasteiger partial charge on any atom is -0.335 e. The molecule has 0 spiro atoms. The summed E-state index contributed by atoms with van der Waals surface area (Å²) < 4.78 is 39.4. The fourth-order valence-corrected chi connectivity index (χ4v) is 4.85. The van der Waals surface area contributed by atoms with Crippen LogP contribution in [0.2, 0.25) is 0 Å². The molecule has 128 valence electrons. The summed E-state index contributed by atoms with van der Waals surface area (Å²) in [5, 5.41) is 0. The molecule has 3 rings (SSSR count). The molecule has 0 bridgehead atoms. The minimum absolute atomic E-state index is 0.0630. The molecule has 24 heavy (non-hydrogen) atoms. The van der Waals surface area contributed by atoms with E-state index in [0.29, 0.717) is 18.0 Å². The summed E-state index contributed by atoms with van der Waals surface area (Å²) in [4.78, 5) is 15.9. The lowest BCUT2D eigenvalue weighted by Gasteiger charge is -2.33. The Hall–Kier alpha value is -1.77. The second kappa shape index (κ2) is 6.62. The molecule has 5 nitrogen and oxygen atoms in total. The van der Waals surface area contributed by atoms with Crippen molar-refractivity contribution in [3.05, 3.63) is 52.0 Å². The Labute approximate surface area is 144 Å². The van der Waals surface area contributed by atoms with Crippen LogP contribution in [0.3, 0.4) is 0 Å². The van der Waals surface area contributed by atoms with Crippen LogP contribution in [0.1, 0.15) is 14.5 Å². The minimum atomic E-state index is -3.66. The van der Waals surface area contributed by atoms with Gasteiger partial charge >= 0.3 is 0 Å². The van der Waals surface area contributed by atoms with Crippen LogP contribution in [0.15, 0.2) is 41.3 Å². The maximum absolute atomic E-state index is 13.0. The number of thiophene rings is 1. The standard InChI is InChI=1S/C16H17FN2O3S2/c1-12-2-7-15(23-12)16(20)18-8-10-19(11-9-18)24(21,22)14-5-3-13(17)4-6-14/h2-7H,8-11H2,1H3. The maximum Gasteiger partial charge on any atom is 0.264 e. The van der Waals surface area contributed by atoms with E-state index < -0.39 is 15.8 Å². The monoisotopic (exact) mass is 368 g/mol. The van der Waals surface area contributed by atoms with Gasteiger partial charge in [0.15, 0.2) is 0 Å². The summed E-state index contributed by atoms with van der Waals surface area (Å²) in [6, 6.07) is 8.47. The van der Waals surface area contributed by atoms with Gasteiger partial charge in [-0.1, -0.05) is 0 Å². The second-order valence-electron chi connectivity index (χ2n) is 5.56. The topological polar surface area (TPSA) is 57.7 Å². The van der Waals surface area contributed by atoms with Crippen LogP contribution in [0.4, 0.5) is 4.39 Å². The zero-order valence-corrected chi connectivity index (χ0v) is 14.7. The van der Waals surface area contributed by atoms with Crippen molar-refractivity contribution in [2.24, 2.45) is 0 Å². The van der Waals surface area contributed by atoms with Crippen molar-refractivity contribution in [2.75, 3.05) is 26.2 Å². The van der Waals surface area contributed by atoms with Gasteiger partial charge < -0.3 is 4.90 Å². The molecule has 8 heteroatoms. The van der Waals surface area contributed by atoms with Crippen molar-refractivity contribution < 1.29 is 17.6 Å². The fourth-order valence-electron chi connectivity index (χ4n) is 2.59. The predicted octanol–water partition coefficient (Wildman–Crippen LogP) is 2.34. The van der Waals surface area contributed by atoms with Gasteiger partial charge in [0.05, 0.1) is 9.77 Å². The van der Waals surface area contributed by atoms with Crippen LogP contribution < -0.4 is 0 Å². The molecule has 0 radical (unpaired) electrons. The second-order valence-corrected chi connectivity index (χ2v) is 8.79. The van der Waals surface area contributed by atoms with Gasteiger partial charge in [0.25, 0.3) is 5.91 Å². The molecule has 0 N–H and O–H groups in total. The van der Waals surface area contributed by atoms with E-state index in [4.69, 9.17) is 0 Å².